The highest BCUT2D eigenvalue weighted by Gasteiger charge is 2.13. The van der Waals surface area contributed by atoms with Crippen molar-refractivity contribution in [1.82, 2.24) is 9.97 Å². The molecule has 18 heavy (non-hydrogen) atoms. The molecular formula is C14H18N4. The van der Waals surface area contributed by atoms with Crippen molar-refractivity contribution in [2.45, 2.75) is 26.2 Å². The van der Waals surface area contributed by atoms with Crippen molar-refractivity contribution >= 4 is 11.8 Å². The summed E-state index contributed by atoms with van der Waals surface area (Å²) in [5, 5.41) is 0. The highest BCUT2D eigenvalue weighted by molar-refractivity contribution is 5.63. The first-order valence-electron chi connectivity index (χ1n) is 5.87. The van der Waals surface area contributed by atoms with Gasteiger partial charge in [0.05, 0.1) is 5.69 Å². The van der Waals surface area contributed by atoms with Gasteiger partial charge in [-0.3, -0.25) is 0 Å². The first-order valence-corrected chi connectivity index (χ1v) is 5.87. The van der Waals surface area contributed by atoms with Crippen molar-refractivity contribution in [3.63, 3.8) is 0 Å². The van der Waals surface area contributed by atoms with Crippen LogP contribution in [0, 0.1) is 0 Å². The van der Waals surface area contributed by atoms with E-state index in [0.717, 1.165) is 11.3 Å². The fourth-order valence-electron chi connectivity index (χ4n) is 1.77. The molecule has 4 heteroatoms. The zero-order chi connectivity index (χ0) is 13.3. The lowest BCUT2D eigenvalue weighted by molar-refractivity contribution is 0.590. The normalized spacial score (nSPS) is 11.5. The van der Waals surface area contributed by atoms with Crippen molar-refractivity contribution in [3.8, 4) is 11.3 Å². The zero-order valence-electron chi connectivity index (χ0n) is 10.9. The number of nitrogens with zero attached hydrogens (tertiary/aromatic N) is 2. The lowest BCUT2D eigenvalue weighted by Gasteiger charge is -2.19. The van der Waals surface area contributed by atoms with Crippen LogP contribution in [0.3, 0.4) is 0 Å². The van der Waals surface area contributed by atoms with E-state index in [0.29, 0.717) is 5.82 Å². The molecule has 0 radical (unpaired) electrons. The predicted molar refractivity (Wildman–Crippen MR) is 75.0 cm³/mol. The van der Waals surface area contributed by atoms with Gasteiger partial charge >= 0.3 is 0 Å². The van der Waals surface area contributed by atoms with Crippen molar-refractivity contribution in [1.29, 1.82) is 0 Å². The van der Waals surface area contributed by atoms with Crippen LogP contribution < -0.4 is 11.5 Å². The third-order valence-corrected chi connectivity index (χ3v) is 2.81. The van der Waals surface area contributed by atoms with Crippen LogP contribution in [0.4, 0.5) is 11.8 Å². The molecule has 94 valence electrons. The van der Waals surface area contributed by atoms with Gasteiger partial charge < -0.3 is 11.5 Å². The summed E-state index contributed by atoms with van der Waals surface area (Å²) in [6, 6.07) is 9.99. The maximum Gasteiger partial charge on any atom is 0.222 e. The van der Waals surface area contributed by atoms with E-state index in [2.05, 4.69) is 42.9 Å². The summed E-state index contributed by atoms with van der Waals surface area (Å²) >= 11 is 0. The van der Waals surface area contributed by atoms with E-state index >= 15 is 0 Å². The molecule has 1 aromatic heterocycles. The molecule has 0 saturated heterocycles. The van der Waals surface area contributed by atoms with Gasteiger partial charge in [0, 0.05) is 11.6 Å². The minimum atomic E-state index is 0.141. The topological polar surface area (TPSA) is 77.8 Å². The third kappa shape index (κ3) is 2.59. The molecule has 0 aliphatic rings. The van der Waals surface area contributed by atoms with Crippen LogP contribution in [0.5, 0.6) is 0 Å². The smallest absolute Gasteiger partial charge is 0.222 e. The van der Waals surface area contributed by atoms with Crippen molar-refractivity contribution in [3.05, 3.63) is 35.9 Å². The van der Waals surface area contributed by atoms with Gasteiger partial charge in [-0.1, -0.05) is 45.0 Å². The standard InChI is InChI=1S/C14H18N4/c1-14(2,3)10-6-4-9(5-7-10)11-8-12(15)18-13(16)17-11/h4-8H,1-3H3,(H4,15,16,17,18). The molecule has 1 heterocycles. The highest BCUT2D eigenvalue weighted by Crippen LogP contribution is 2.26. The molecule has 2 rings (SSSR count). The van der Waals surface area contributed by atoms with Gasteiger partial charge in [0.25, 0.3) is 0 Å². The number of aromatic nitrogens is 2. The Morgan fingerprint density at radius 2 is 1.56 bits per heavy atom. The predicted octanol–water partition coefficient (Wildman–Crippen LogP) is 2.61. The average Bonchev–Trinajstić information content (AvgIpc) is 2.27. The zero-order valence-corrected chi connectivity index (χ0v) is 10.9. The van der Waals surface area contributed by atoms with Crippen LogP contribution in [-0.2, 0) is 5.41 Å². The fourth-order valence-corrected chi connectivity index (χ4v) is 1.77. The largest absolute Gasteiger partial charge is 0.384 e. The molecule has 0 amide bonds. The van der Waals surface area contributed by atoms with Crippen LogP contribution in [0.2, 0.25) is 0 Å². The number of hydrogen-bond donors (Lipinski definition) is 2. The molecule has 4 N–H and O–H groups in total. The van der Waals surface area contributed by atoms with Gasteiger partial charge in [-0.25, -0.2) is 4.98 Å². The number of rotatable bonds is 1. The van der Waals surface area contributed by atoms with E-state index in [1.807, 2.05) is 12.1 Å². The SMILES string of the molecule is CC(C)(C)c1ccc(-c2cc(N)nc(N)n2)cc1. The van der Waals surface area contributed by atoms with Crippen LogP contribution in [0.15, 0.2) is 30.3 Å². The second-order valence-electron chi connectivity index (χ2n) is 5.36. The van der Waals surface area contributed by atoms with E-state index in [4.69, 9.17) is 11.5 Å². The quantitative estimate of drug-likeness (QED) is 0.805. The molecule has 0 unspecified atom stereocenters. The van der Waals surface area contributed by atoms with E-state index in [1.54, 1.807) is 6.07 Å². The summed E-state index contributed by atoms with van der Waals surface area (Å²) in [7, 11) is 0. The Hall–Kier alpha value is -2.10. The molecule has 0 saturated carbocycles. The van der Waals surface area contributed by atoms with Crippen molar-refractivity contribution in [2.24, 2.45) is 0 Å². The fraction of sp³-hybridized carbons (Fsp3) is 0.286. The third-order valence-electron chi connectivity index (χ3n) is 2.81. The second kappa shape index (κ2) is 4.29. The van der Waals surface area contributed by atoms with Crippen LogP contribution in [-0.4, -0.2) is 9.97 Å². The van der Waals surface area contributed by atoms with Crippen LogP contribution in [0.1, 0.15) is 26.3 Å². The number of anilines is 2. The van der Waals surface area contributed by atoms with Gasteiger partial charge in [-0.05, 0) is 11.0 Å². The van der Waals surface area contributed by atoms with E-state index < -0.39 is 0 Å². The maximum absolute atomic E-state index is 5.66. The van der Waals surface area contributed by atoms with Crippen LogP contribution in [0.25, 0.3) is 11.3 Å². The van der Waals surface area contributed by atoms with E-state index in [-0.39, 0.29) is 11.4 Å². The highest BCUT2D eigenvalue weighted by atomic mass is 15.0. The lowest BCUT2D eigenvalue weighted by Crippen LogP contribution is -2.10. The monoisotopic (exact) mass is 242 g/mol. The van der Waals surface area contributed by atoms with Gasteiger partial charge in [-0.2, -0.15) is 4.98 Å². The average molecular weight is 242 g/mol. The van der Waals surface area contributed by atoms with Gasteiger partial charge in [-0.15, -0.1) is 0 Å². The lowest BCUT2D eigenvalue weighted by atomic mass is 9.86. The summed E-state index contributed by atoms with van der Waals surface area (Å²) < 4.78 is 0. The Bertz CT molecular complexity index is 533. The molecule has 0 aliphatic carbocycles. The van der Waals surface area contributed by atoms with E-state index in [1.165, 1.54) is 5.56 Å². The summed E-state index contributed by atoms with van der Waals surface area (Å²) in [6.45, 7) is 6.55. The number of hydrogen-bond acceptors (Lipinski definition) is 4. The molecule has 1 aromatic carbocycles. The summed E-state index contributed by atoms with van der Waals surface area (Å²) in [4.78, 5) is 8.04. The Morgan fingerprint density at radius 1 is 0.944 bits per heavy atom. The number of benzene rings is 1. The minimum absolute atomic E-state index is 0.141. The summed E-state index contributed by atoms with van der Waals surface area (Å²) in [5.74, 6) is 0.585. The van der Waals surface area contributed by atoms with Gasteiger partial charge in [0.1, 0.15) is 5.82 Å². The van der Waals surface area contributed by atoms with E-state index in [9.17, 15) is 0 Å². The Balaban J connectivity index is 2.40. The molecule has 0 atom stereocenters. The summed E-state index contributed by atoms with van der Waals surface area (Å²) in [6.07, 6.45) is 0. The maximum atomic E-state index is 5.66. The minimum Gasteiger partial charge on any atom is -0.384 e. The molecule has 0 fully saturated rings. The van der Waals surface area contributed by atoms with Crippen molar-refractivity contribution < 1.29 is 0 Å². The van der Waals surface area contributed by atoms with Crippen LogP contribution >= 0.6 is 0 Å². The Morgan fingerprint density at radius 3 is 2.06 bits per heavy atom. The van der Waals surface area contributed by atoms with Gasteiger partial charge in [0.2, 0.25) is 5.95 Å². The number of nitrogen functional groups attached to an aromatic ring is 2. The second-order valence-corrected chi connectivity index (χ2v) is 5.36. The first kappa shape index (κ1) is 12.4. The molecular weight excluding hydrogens is 224 g/mol. The van der Waals surface area contributed by atoms with Crippen molar-refractivity contribution in [2.75, 3.05) is 11.5 Å². The van der Waals surface area contributed by atoms with Gasteiger partial charge in [0.15, 0.2) is 0 Å². The molecule has 2 aromatic rings. The molecule has 4 nitrogen and oxygen atoms in total. The summed E-state index contributed by atoms with van der Waals surface area (Å²) in [5.41, 5.74) is 14.4. The molecule has 0 bridgehead atoms. The first-order chi connectivity index (χ1) is 8.36. The molecule has 0 spiro atoms. The Labute approximate surface area is 107 Å². The number of nitrogens with two attached hydrogens (primary N) is 2. The molecule has 0 aliphatic heterocycles. The Kier molecular flexibility index (Phi) is 2.95.